The summed E-state index contributed by atoms with van der Waals surface area (Å²) in [7, 11) is 1.97. The van der Waals surface area contributed by atoms with E-state index in [1.54, 1.807) is 0 Å². The lowest BCUT2D eigenvalue weighted by Gasteiger charge is -2.05. The van der Waals surface area contributed by atoms with E-state index in [0.29, 0.717) is 5.56 Å². The Hall–Kier alpha value is -2.62. The highest BCUT2D eigenvalue weighted by Gasteiger charge is 2.10. The lowest BCUT2D eigenvalue weighted by atomic mass is 10.2. The summed E-state index contributed by atoms with van der Waals surface area (Å²) >= 11 is 0. The second-order valence-electron chi connectivity index (χ2n) is 4.74. The van der Waals surface area contributed by atoms with Crippen molar-refractivity contribution < 1.29 is 4.79 Å². The molecule has 0 saturated heterocycles. The lowest BCUT2D eigenvalue weighted by molar-refractivity contribution is 0.102. The summed E-state index contributed by atoms with van der Waals surface area (Å²) in [6.45, 7) is 1.95. The van der Waals surface area contributed by atoms with Gasteiger partial charge in [0.2, 0.25) is 0 Å². The molecule has 100 valence electrons. The highest BCUT2D eigenvalue weighted by atomic mass is 16.1. The van der Waals surface area contributed by atoms with Crippen molar-refractivity contribution in [2.75, 3.05) is 5.32 Å². The molecule has 0 saturated carbocycles. The largest absolute Gasteiger partial charge is 0.331 e. The van der Waals surface area contributed by atoms with Crippen LogP contribution in [0.4, 0.5) is 5.69 Å². The van der Waals surface area contributed by atoms with E-state index in [-0.39, 0.29) is 5.91 Å². The molecule has 1 heterocycles. The molecule has 0 aliphatic rings. The molecule has 2 aromatic carbocycles. The number of aryl methyl sites for hydroxylation is 2. The van der Waals surface area contributed by atoms with Gasteiger partial charge in [0.15, 0.2) is 0 Å². The van der Waals surface area contributed by atoms with Crippen LogP contribution in [0.25, 0.3) is 11.0 Å². The van der Waals surface area contributed by atoms with E-state index in [9.17, 15) is 4.79 Å². The fraction of sp³-hybridized carbons (Fsp3) is 0.125. The van der Waals surface area contributed by atoms with E-state index in [1.807, 2.05) is 67.1 Å². The zero-order valence-electron chi connectivity index (χ0n) is 11.4. The van der Waals surface area contributed by atoms with Crippen molar-refractivity contribution in [2.45, 2.75) is 6.92 Å². The van der Waals surface area contributed by atoms with Crippen molar-refractivity contribution in [1.82, 2.24) is 9.55 Å². The van der Waals surface area contributed by atoms with Crippen LogP contribution in [-0.4, -0.2) is 15.5 Å². The Kier molecular flexibility index (Phi) is 2.99. The van der Waals surface area contributed by atoms with Crippen molar-refractivity contribution >= 4 is 22.6 Å². The molecule has 0 aliphatic heterocycles. The van der Waals surface area contributed by atoms with Crippen LogP contribution in [0.2, 0.25) is 0 Å². The van der Waals surface area contributed by atoms with Crippen LogP contribution >= 0.6 is 0 Å². The van der Waals surface area contributed by atoms with Gasteiger partial charge in [0.25, 0.3) is 5.91 Å². The number of imidazole rings is 1. The van der Waals surface area contributed by atoms with Crippen LogP contribution in [0.15, 0.2) is 48.5 Å². The zero-order chi connectivity index (χ0) is 14.1. The topological polar surface area (TPSA) is 46.9 Å². The molecule has 1 aromatic heterocycles. The molecule has 0 spiro atoms. The molecule has 0 radical (unpaired) electrons. The minimum atomic E-state index is -0.124. The van der Waals surface area contributed by atoms with Gasteiger partial charge in [0.05, 0.1) is 11.0 Å². The molecule has 1 N–H and O–H groups in total. The number of carbonyl (C=O) groups is 1. The summed E-state index contributed by atoms with van der Waals surface area (Å²) in [5.41, 5.74) is 3.26. The molecule has 0 bridgehead atoms. The van der Waals surface area contributed by atoms with Crippen molar-refractivity contribution in [3.05, 3.63) is 59.9 Å². The fourth-order valence-corrected chi connectivity index (χ4v) is 2.19. The average molecular weight is 265 g/mol. The molecule has 0 aliphatic carbocycles. The molecule has 0 unspecified atom stereocenters. The van der Waals surface area contributed by atoms with E-state index < -0.39 is 0 Å². The summed E-state index contributed by atoms with van der Waals surface area (Å²) in [5, 5.41) is 2.87. The Balaban J connectivity index is 1.92. The Labute approximate surface area is 117 Å². The molecule has 3 rings (SSSR count). The highest BCUT2D eigenvalue weighted by Crippen LogP contribution is 2.17. The van der Waals surface area contributed by atoms with E-state index in [4.69, 9.17) is 0 Å². The molecular weight excluding hydrogens is 250 g/mol. The Morgan fingerprint density at radius 3 is 2.65 bits per heavy atom. The van der Waals surface area contributed by atoms with E-state index in [2.05, 4.69) is 10.3 Å². The molecular formula is C16H15N3O. The number of hydrogen-bond acceptors (Lipinski definition) is 2. The number of hydrogen-bond donors (Lipinski definition) is 1. The first-order valence-corrected chi connectivity index (χ1v) is 6.44. The first-order valence-electron chi connectivity index (χ1n) is 6.44. The van der Waals surface area contributed by atoms with Crippen molar-refractivity contribution in [3.63, 3.8) is 0 Å². The van der Waals surface area contributed by atoms with E-state index in [0.717, 1.165) is 22.5 Å². The second-order valence-corrected chi connectivity index (χ2v) is 4.74. The predicted octanol–water partition coefficient (Wildman–Crippen LogP) is 3.13. The normalized spacial score (nSPS) is 10.7. The predicted molar refractivity (Wildman–Crippen MR) is 79.8 cm³/mol. The van der Waals surface area contributed by atoms with Gasteiger partial charge in [-0.15, -0.1) is 0 Å². The van der Waals surface area contributed by atoms with Gasteiger partial charge in [-0.2, -0.15) is 0 Å². The number of anilines is 1. The minimum absolute atomic E-state index is 0.124. The second kappa shape index (κ2) is 4.81. The summed E-state index contributed by atoms with van der Waals surface area (Å²) in [5.74, 6) is 0.807. The third kappa shape index (κ3) is 2.16. The summed E-state index contributed by atoms with van der Waals surface area (Å²) in [4.78, 5) is 16.6. The number of nitrogens with zero attached hydrogens (tertiary/aromatic N) is 2. The first kappa shape index (κ1) is 12.4. The maximum Gasteiger partial charge on any atom is 0.255 e. The lowest BCUT2D eigenvalue weighted by Crippen LogP contribution is -2.11. The Morgan fingerprint density at radius 2 is 1.90 bits per heavy atom. The maximum atomic E-state index is 12.2. The average Bonchev–Trinajstić information content (AvgIpc) is 2.74. The van der Waals surface area contributed by atoms with Gasteiger partial charge in [-0.1, -0.05) is 18.2 Å². The number of benzene rings is 2. The smallest absolute Gasteiger partial charge is 0.255 e. The van der Waals surface area contributed by atoms with E-state index >= 15 is 0 Å². The summed E-state index contributed by atoms with van der Waals surface area (Å²) < 4.78 is 2.01. The highest BCUT2D eigenvalue weighted by molar-refractivity contribution is 6.05. The van der Waals surface area contributed by atoms with Crippen LogP contribution in [0.3, 0.4) is 0 Å². The van der Waals surface area contributed by atoms with Crippen LogP contribution in [0.1, 0.15) is 16.2 Å². The SMILES string of the molecule is Cc1nc2cc(C(=O)Nc3ccccc3)ccc2n1C. The number of fused-ring (bicyclic) bond motifs is 1. The standard InChI is InChI=1S/C16H15N3O/c1-11-17-14-10-12(8-9-15(14)19(11)2)16(20)18-13-6-4-3-5-7-13/h3-10H,1-2H3,(H,18,20). The third-order valence-electron chi connectivity index (χ3n) is 3.40. The van der Waals surface area contributed by atoms with Crippen LogP contribution in [0, 0.1) is 6.92 Å². The molecule has 0 atom stereocenters. The van der Waals surface area contributed by atoms with Gasteiger partial charge in [-0.05, 0) is 37.3 Å². The number of rotatable bonds is 2. The van der Waals surface area contributed by atoms with Gasteiger partial charge >= 0.3 is 0 Å². The zero-order valence-corrected chi connectivity index (χ0v) is 11.4. The Bertz CT molecular complexity index is 775. The number of amides is 1. The Morgan fingerprint density at radius 1 is 1.15 bits per heavy atom. The number of carbonyl (C=O) groups excluding carboxylic acids is 1. The van der Waals surface area contributed by atoms with Crippen LogP contribution in [0.5, 0.6) is 0 Å². The van der Waals surface area contributed by atoms with Gasteiger partial charge in [0, 0.05) is 18.3 Å². The monoisotopic (exact) mass is 265 g/mol. The molecule has 4 heteroatoms. The van der Waals surface area contributed by atoms with Crippen molar-refractivity contribution in [2.24, 2.45) is 7.05 Å². The van der Waals surface area contributed by atoms with Gasteiger partial charge in [0.1, 0.15) is 5.82 Å². The molecule has 3 aromatic rings. The van der Waals surface area contributed by atoms with Crippen LogP contribution in [-0.2, 0) is 7.05 Å². The molecule has 1 amide bonds. The third-order valence-corrected chi connectivity index (χ3v) is 3.40. The summed E-state index contributed by atoms with van der Waals surface area (Å²) in [6, 6.07) is 15.0. The van der Waals surface area contributed by atoms with Gasteiger partial charge in [-0.25, -0.2) is 4.98 Å². The maximum absolute atomic E-state index is 12.2. The van der Waals surface area contributed by atoms with Crippen molar-refractivity contribution in [1.29, 1.82) is 0 Å². The quantitative estimate of drug-likeness (QED) is 0.773. The number of nitrogens with one attached hydrogen (secondary N) is 1. The first-order chi connectivity index (χ1) is 9.65. The molecule has 4 nitrogen and oxygen atoms in total. The molecule has 0 fully saturated rings. The summed E-state index contributed by atoms with van der Waals surface area (Å²) in [6.07, 6.45) is 0. The van der Waals surface area contributed by atoms with Gasteiger partial charge in [-0.3, -0.25) is 4.79 Å². The number of aromatic nitrogens is 2. The van der Waals surface area contributed by atoms with Crippen LogP contribution < -0.4 is 5.32 Å². The van der Waals surface area contributed by atoms with Gasteiger partial charge < -0.3 is 9.88 Å². The van der Waals surface area contributed by atoms with E-state index in [1.165, 1.54) is 0 Å². The fourth-order valence-electron chi connectivity index (χ4n) is 2.19. The van der Waals surface area contributed by atoms with Crippen molar-refractivity contribution in [3.8, 4) is 0 Å². The number of para-hydroxylation sites is 1. The molecule has 20 heavy (non-hydrogen) atoms. The minimum Gasteiger partial charge on any atom is -0.331 e.